The molecular weight excluding hydrogens is 260 g/mol. The predicted molar refractivity (Wildman–Crippen MR) is 73.8 cm³/mol. The van der Waals surface area contributed by atoms with Crippen LogP contribution in [0.2, 0.25) is 0 Å². The summed E-state index contributed by atoms with van der Waals surface area (Å²) in [7, 11) is 1.94. The van der Waals surface area contributed by atoms with Gasteiger partial charge in [0.2, 0.25) is 0 Å². The smallest absolute Gasteiger partial charge is 0.191 e. The van der Waals surface area contributed by atoms with Crippen molar-refractivity contribution in [2.45, 2.75) is 37.0 Å². The molecule has 0 unspecified atom stereocenters. The molecule has 2 heterocycles. The number of aromatic nitrogens is 5. The number of rotatable bonds is 6. The van der Waals surface area contributed by atoms with E-state index in [0.717, 1.165) is 23.2 Å². The monoisotopic (exact) mass is 278 g/mol. The second-order valence-electron chi connectivity index (χ2n) is 4.82. The Morgan fingerprint density at radius 2 is 2.26 bits per heavy atom. The SMILES string of the molecule is Cn1cc(CCSc2nnc(CN)n2C2CC2)cn1. The zero-order chi connectivity index (χ0) is 13.2. The van der Waals surface area contributed by atoms with Gasteiger partial charge >= 0.3 is 0 Å². The lowest BCUT2D eigenvalue weighted by atomic mass is 10.3. The highest BCUT2D eigenvalue weighted by atomic mass is 32.2. The van der Waals surface area contributed by atoms with Gasteiger partial charge in [0.05, 0.1) is 12.7 Å². The molecule has 3 rings (SSSR count). The van der Waals surface area contributed by atoms with Crippen molar-refractivity contribution in [2.24, 2.45) is 12.8 Å². The Hall–Kier alpha value is -1.34. The molecule has 2 N–H and O–H groups in total. The van der Waals surface area contributed by atoms with E-state index in [-0.39, 0.29) is 0 Å². The summed E-state index contributed by atoms with van der Waals surface area (Å²) in [6, 6.07) is 0.578. The highest BCUT2D eigenvalue weighted by molar-refractivity contribution is 7.99. The Morgan fingerprint density at radius 1 is 1.42 bits per heavy atom. The molecule has 7 heteroatoms. The summed E-state index contributed by atoms with van der Waals surface area (Å²) in [6.45, 7) is 0.465. The summed E-state index contributed by atoms with van der Waals surface area (Å²) >= 11 is 1.75. The minimum Gasteiger partial charge on any atom is -0.324 e. The maximum atomic E-state index is 5.71. The van der Waals surface area contributed by atoms with Crippen molar-refractivity contribution in [3.05, 3.63) is 23.8 Å². The van der Waals surface area contributed by atoms with Crippen molar-refractivity contribution in [1.29, 1.82) is 0 Å². The van der Waals surface area contributed by atoms with Gasteiger partial charge in [-0.2, -0.15) is 5.10 Å². The average Bonchev–Trinajstić information content (AvgIpc) is 3.03. The van der Waals surface area contributed by atoms with Gasteiger partial charge in [-0.25, -0.2) is 0 Å². The van der Waals surface area contributed by atoms with E-state index in [9.17, 15) is 0 Å². The molecule has 1 aliphatic carbocycles. The molecule has 0 aromatic carbocycles. The van der Waals surface area contributed by atoms with E-state index in [0.29, 0.717) is 12.6 Å². The van der Waals surface area contributed by atoms with Crippen LogP contribution in [0.1, 0.15) is 30.3 Å². The lowest BCUT2D eigenvalue weighted by Crippen LogP contribution is -2.08. The van der Waals surface area contributed by atoms with Crippen molar-refractivity contribution in [3.8, 4) is 0 Å². The van der Waals surface area contributed by atoms with Gasteiger partial charge in [-0.3, -0.25) is 4.68 Å². The Morgan fingerprint density at radius 3 is 2.89 bits per heavy atom. The first-order chi connectivity index (χ1) is 9.28. The van der Waals surface area contributed by atoms with Crippen molar-refractivity contribution in [3.63, 3.8) is 0 Å². The van der Waals surface area contributed by atoms with E-state index in [2.05, 4.69) is 26.1 Å². The van der Waals surface area contributed by atoms with Crippen LogP contribution in [0, 0.1) is 0 Å². The zero-order valence-electron chi connectivity index (χ0n) is 11.0. The third kappa shape index (κ3) is 2.82. The third-order valence-corrected chi connectivity index (χ3v) is 4.15. The van der Waals surface area contributed by atoms with Crippen LogP contribution in [0.5, 0.6) is 0 Å². The second-order valence-corrected chi connectivity index (χ2v) is 5.89. The number of nitrogens with two attached hydrogens (primary N) is 1. The molecule has 2 aromatic rings. The molecule has 0 radical (unpaired) electrons. The minimum atomic E-state index is 0.465. The van der Waals surface area contributed by atoms with Gasteiger partial charge in [0.1, 0.15) is 5.82 Å². The van der Waals surface area contributed by atoms with Crippen molar-refractivity contribution in [1.82, 2.24) is 24.5 Å². The van der Waals surface area contributed by atoms with Crippen LogP contribution in [-0.4, -0.2) is 30.3 Å². The Bertz CT molecular complexity index is 556. The summed E-state index contributed by atoms with van der Waals surface area (Å²) in [5.41, 5.74) is 6.96. The van der Waals surface area contributed by atoms with Crippen LogP contribution in [0.3, 0.4) is 0 Å². The van der Waals surface area contributed by atoms with Gasteiger partial charge in [-0.05, 0) is 24.8 Å². The summed E-state index contributed by atoms with van der Waals surface area (Å²) in [4.78, 5) is 0. The van der Waals surface area contributed by atoms with E-state index in [4.69, 9.17) is 5.73 Å². The third-order valence-electron chi connectivity index (χ3n) is 3.21. The molecule has 19 heavy (non-hydrogen) atoms. The number of aryl methyl sites for hydroxylation is 2. The molecule has 0 spiro atoms. The molecule has 6 nitrogen and oxygen atoms in total. The normalized spacial score (nSPS) is 15.1. The first-order valence-electron chi connectivity index (χ1n) is 6.52. The molecule has 0 saturated heterocycles. The average molecular weight is 278 g/mol. The van der Waals surface area contributed by atoms with Crippen LogP contribution in [0.4, 0.5) is 0 Å². The summed E-state index contributed by atoms with van der Waals surface area (Å²) in [5, 5.41) is 13.6. The maximum Gasteiger partial charge on any atom is 0.191 e. The number of hydrogen-bond acceptors (Lipinski definition) is 5. The second kappa shape index (κ2) is 5.34. The summed E-state index contributed by atoms with van der Waals surface area (Å²) < 4.78 is 4.05. The Kier molecular flexibility index (Phi) is 3.56. The zero-order valence-corrected chi connectivity index (χ0v) is 11.8. The standard InChI is InChI=1S/C12H18N6S/c1-17-8-9(7-14-17)4-5-19-12-16-15-11(6-13)18(12)10-2-3-10/h7-8,10H,2-6,13H2,1H3. The van der Waals surface area contributed by atoms with E-state index in [1.807, 2.05) is 17.9 Å². The quantitative estimate of drug-likeness (QED) is 0.802. The van der Waals surface area contributed by atoms with E-state index >= 15 is 0 Å². The molecule has 102 valence electrons. The molecule has 0 atom stereocenters. The van der Waals surface area contributed by atoms with Crippen molar-refractivity contribution >= 4 is 11.8 Å². The van der Waals surface area contributed by atoms with Gasteiger partial charge in [0.15, 0.2) is 5.16 Å². The molecule has 2 aromatic heterocycles. The first-order valence-corrected chi connectivity index (χ1v) is 7.50. The lowest BCUT2D eigenvalue weighted by molar-refractivity contribution is 0.626. The van der Waals surface area contributed by atoms with Gasteiger partial charge in [0.25, 0.3) is 0 Å². The molecule has 0 amide bonds. The Balaban J connectivity index is 1.62. The molecular formula is C12H18N6S. The van der Waals surface area contributed by atoms with Gasteiger partial charge in [0, 0.05) is 25.0 Å². The highest BCUT2D eigenvalue weighted by Crippen LogP contribution is 2.38. The first kappa shape index (κ1) is 12.7. The largest absolute Gasteiger partial charge is 0.324 e. The van der Waals surface area contributed by atoms with Gasteiger partial charge in [-0.15, -0.1) is 10.2 Å². The fourth-order valence-corrected chi connectivity index (χ4v) is 3.12. The van der Waals surface area contributed by atoms with E-state index in [1.165, 1.54) is 18.4 Å². The molecule has 1 saturated carbocycles. The lowest BCUT2D eigenvalue weighted by Gasteiger charge is -2.06. The summed E-state index contributed by atoms with van der Waals surface area (Å²) in [6.07, 6.45) is 7.41. The van der Waals surface area contributed by atoms with E-state index < -0.39 is 0 Å². The fourth-order valence-electron chi connectivity index (χ4n) is 2.11. The van der Waals surface area contributed by atoms with Crippen LogP contribution in [-0.2, 0) is 20.0 Å². The molecule has 1 fully saturated rings. The van der Waals surface area contributed by atoms with Gasteiger partial charge in [-0.1, -0.05) is 11.8 Å². The number of thioether (sulfide) groups is 1. The fraction of sp³-hybridized carbons (Fsp3) is 0.583. The van der Waals surface area contributed by atoms with Crippen molar-refractivity contribution < 1.29 is 0 Å². The van der Waals surface area contributed by atoms with Crippen LogP contribution < -0.4 is 5.73 Å². The number of hydrogen-bond donors (Lipinski definition) is 1. The Labute approximate surface area is 116 Å². The van der Waals surface area contributed by atoms with Crippen LogP contribution in [0.15, 0.2) is 17.6 Å². The van der Waals surface area contributed by atoms with Crippen LogP contribution >= 0.6 is 11.8 Å². The topological polar surface area (TPSA) is 74.6 Å². The van der Waals surface area contributed by atoms with Crippen molar-refractivity contribution in [2.75, 3.05) is 5.75 Å². The van der Waals surface area contributed by atoms with Crippen LogP contribution in [0.25, 0.3) is 0 Å². The molecule has 0 bridgehead atoms. The molecule has 1 aliphatic rings. The molecule has 0 aliphatic heterocycles. The number of nitrogens with zero attached hydrogens (tertiary/aromatic N) is 5. The summed E-state index contributed by atoms with van der Waals surface area (Å²) in [5.74, 6) is 1.90. The predicted octanol–water partition coefficient (Wildman–Crippen LogP) is 1.14. The van der Waals surface area contributed by atoms with E-state index in [1.54, 1.807) is 11.8 Å². The highest BCUT2D eigenvalue weighted by Gasteiger charge is 2.28. The van der Waals surface area contributed by atoms with Gasteiger partial charge < -0.3 is 10.3 Å². The maximum absolute atomic E-state index is 5.71. The minimum absolute atomic E-state index is 0.465.